The zero-order valence-corrected chi connectivity index (χ0v) is 13.5. The Morgan fingerprint density at radius 1 is 1.48 bits per heavy atom. The van der Waals surface area contributed by atoms with E-state index in [1.165, 1.54) is 17.4 Å². The summed E-state index contributed by atoms with van der Waals surface area (Å²) in [6.07, 6.45) is 0. The van der Waals surface area contributed by atoms with Crippen molar-refractivity contribution in [1.29, 1.82) is 0 Å². The van der Waals surface area contributed by atoms with Gasteiger partial charge in [-0.1, -0.05) is 0 Å². The lowest BCUT2D eigenvalue weighted by Crippen LogP contribution is -2.09. The molecule has 0 aliphatic rings. The maximum atomic E-state index is 11.0. The molecule has 0 aliphatic carbocycles. The standard InChI is InChI=1S/C13H12BrN3O3S/c1-7-2-10(14)11(4-12(7)17(19)20)16-5-9-3-8(6-21-9)13(15)18/h2-4,6,16H,5H2,1H3,(H2,15,18). The van der Waals surface area contributed by atoms with Crippen molar-refractivity contribution in [1.82, 2.24) is 0 Å². The van der Waals surface area contributed by atoms with Crippen LogP contribution in [0.3, 0.4) is 0 Å². The van der Waals surface area contributed by atoms with Crippen molar-refractivity contribution < 1.29 is 9.72 Å². The van der Waals surface area contributed by atoms with Gasteiger partial charge >= 0.3 is 0 Å². The molecule has 0 spiro atoms. The quantitative estimate of drug-likeness (QED) is 0.622. The van der Waals surface area contributed by atoms with Crippen LogP contribution in [0.1, 0.15) is 20.8 Å². The summed E-state index contributed by atoms with van der Waals surface area (Å²) in [6.45, 7) is 2.14. The summed E-state index contributed by atoms with van der Waals surface area (Å²) in [6, 6.07) is 4.89. The Labute approximate surface area is 133 Å². The number of carbonyl (C=O) groups is 1. The molecule has 0 fully saturated rings. The molecule has 1 aromatic carbocycles. The first-order chi connectivity index (χ1) is 9.88. The molecule has 8 heteroatoms. The number of hydrogen-bond donors (Lipinski definition) is 2. The molecule has 1 heterocycles. The van der Waals surface area contributed by atoms with Crippen LogP contribution in [0.25, 0.3) is 0 Å². The minimum Gasteiger partial charge on any atom is -0.379 e. The number of aryl methyl sites for hydroxylation is 1. The van der Waals surface area contributed by atoms with Crippen LogP contribution in [0.5, 0.6) is 0 Å². The molecule has 0 atom stereocenters. The molecule has 0 aliphatic heterocycles. The monoisotopic (exact) mass is 369 g/mol. The van der Waals surface area contributed by atoms with E-state index in [-0.39, 0.29) is 5.69 Å². The van der Waals surface area contributed by atoms with E-state index in [1.54, 1.807) is 24.4 Å². The van der Waals surface area contributed by atoms with Crippen LogP contribution in [0.15, 0.2) is 28.1 Å². The molecule has 2 aromatic rings. The lowest BCUT2D eigenvalue weighted by atomic mass is 10.2. The Kier molecular flexibility index (Phi) is 4.59. The van der Waals surface area contributed by atoms with E-state index in [0.717, 1.165) is 9.35 Å². The number of nitrogens with zero attached hydrogens (tertiary/aromatic N) is 1. The fourth-order valence-corrected chi connectivity index (χ4v) is 3.19. The number of primary amides is 1. The van der Waals surface area contributed by atoms with E-state index >= 15 is 0 Å². The smallest absolute Gasteiger partial charge is 0.274 e. The predicted molar refractivity (Wildman–Crippen MR) is 85.7 cm³/mol. The van der Waals surface area contributed by atoms with E-state index in [0.29, 0.717) is 23.4 Å². The first-order valence-corrected chi connectivity index (χ1v) is 7.61. The highest BCUT2D eigenvalue weighted by Gasteiger charge is 2.14. The fraction of sp³-hybridized carbons (Fsp3) is 0.154. The third kappa shape index (κ3) is 3.59. The molecule has 0 saturated heterocycles. The molecular formula is C13H12BrN3O3S. The molecule has 2 rings (SSSR count). The molecule has 6 nitrogen and oxygen atoms in total. The Balaban J connectivity index is 2.17. The molecule has 21 heavy (non-hydrogen) atoms. The van der Waals surface area contributed by atoms with Crippen molar-refractivity contribution in [3.63, 3.8) is 0 Å². The zero-order chi connectivity index (χ0) is 15.6. The van der Waals surface area contributed by atoms with Gasteiger partial charge in [-0.05, 0) is 35.0 Å². The maximum absolute atomic E-state index is 11.0. The van der Waals surface area contributed by atoms with Crippen molar-refractivity contribution in [2.45, 2.75) is 13.5 Å². The molecule has 0 bridgehead atoms. The minimum atomic E-state index is -0.468. The van der Waals surface area contributed by atoms with E-state index in [2.05, 4.69) is 21.2 Å². The molecule has 110 valence electrons. The Bertz CT molecular complexity index is 715. The molecule has 0 unspecified atom stereocenters. The summed E-state index contributed by atoms with van der Waals surface area (Å²) in [4.78, 5) is 22.5. The number of anilines is 1. The lowest BCUT2D eigenvalue weighted by Gasteiger charge is -2.08. The lowest BCUT2D eigenvalue weighted by molar-refractivity contribution is -0.385. The Morgan fingerprint density at radius 2 is 2.19 bits per heavy atom. The van der Waals surface area contributed by atoms with Gasteiger partial charge in [0.1, 0.15) is 0 Å². The molecule has 1 amide bonds. The normalized spacial score (nSPS) is 10.4. The van der Waals surface area contributed by atoms with Gasteiger partial charge in [0.15, 0.2) is 0 Å². The van der Waals surface area contributed by atoms with Gasteiger partial charge < -0.3 is 11.1 Å². The number of amides is 1. The average Bonchev–Trinajstić information content (AvgIpc) is 2.86. The van der Waals surface area contributed by atoms with Crippen LogP contribution in [0.4, 0.5) is 11.4 Å². The van der Waals surface area contributed by atoms with Gasteiger partial charge in [0.25, 0.3) is 5.69 Å². The third-order valence-corrected chi connectivity index (χ3v) is 4.47. The van der Waals surface area contributed by atoms with Crippen molar-refractivity contribution in [2.75, 3.05) is 5.32 Å². The predicted octanol–water partition coefficient (Wildman–Crippen LogP) is 3.44. The van der Waals surface area contributed by atoms with Gasteiger partial charge in [-0.2, -0.15) is 0 Å². The number of nitrogens with one attached hydrogen (secondary N) is 1. The number of nitro benzene ring substituents is 1. The van der Waals surface area contributed by atoms with Gasteiger partial charge in [0.2, 0.25) is 5.91 Å². The Hall–Kier alpha value is -1.93. The highest BCUT2D eigenvalue weighted by Crippen LogP contribution is 2.31. The number of nitro groups is 1. The summed E-state index contributed by atoms with van der Waals surface area (Å²) >= 11 is 4.78. The zero-order valence-electron chi connectivity index (χ0n) is 11.1. The maximum Gasteiger partial charge on any atom is 0.274 e. The molecule has 0 radical (unpaired) electrons. The fourth-order valence-electron chi connectivity index (χ4n) is 1.78. The summed E-state index contributed by atoms with van der Waals surface area (Å²) in [7, 11) is 0. The van der Waals surface area contributed by atoms with Gasteiger partial charge in [-0.15, -0.1) is 11.3 Å². The van der Waals surface area contributed by atoms with Crippen LogP contribution in [0.2, 0.25) is 0 Å². The largest absolute Gasteiger partial charge is 0.379 e. The summed E-state index contributed by atoms with van der Waals surface area (Å²) in [5.74, 6) is -0.468. The van der Waals surface area contributed by atoms with Crippen LogP contribution >= 0.6 is 27.3 Å². The third-order valence-electron chi connectivity index (χ3n) is 2.87. The second-order valence-corrected chi connectivity index (χ2v) is 6.25. The van der Waals surface area contributed by atoms with Crippen molar-refractivity contribution in [3.8, 4) is 0 Å². The topological polar surface area (TPSA) is 98.3 Å². The molecule has 1 aromatic heterocycles. The van der Waals surface area contributed by atoms with E-state index in [9.17, 15) is 14.9 Å². The molecule has 3 N–H and O–H groups in total. The Morgan fingerprint density at radius 3 is 2.76 bits per heavy atom. The van der Waals surface area contributed by atoms with Crippen LogP contribution in [-0.2, 0) is 6.54 Å². The van der Waals surface area contributed by atoms with Crippen LogP contribution in [-0.4, -0.2) is 10.8 Å². The van der Waals surface area contributed by atoms with Gasteiger partial charge in [-0.3, -0.25) is 14.9 Å². The van der Waals surface area contributed by atoms with Crippen LogP contribution in [0, 0.1) is 17.0 Å². The summed E-state index contributed by atoms with van der Waals surface area (Å²) in [5.41, 5.74) is 6.93. The van der Waals surface area contributed by atoms with Gasteiger partial charge in [0, 0.05) is 32.9 Å². The van der Waals surface area contributed by atoms with Crippen molar-refractivity contribution in [2.24, 2.45) is 5.73 Å². The number of nitrogens with two attached hydrogens (primary N) is 1. The number of rotatable bonds is 5. The molecular weight excluding hydrogens is 358 g/mol. The number of carbonyl (C=O) groups excluding carboxylic acids is 1. The summed E-state index contributed by atoms with van der Waals surface area (Å²) in [5, 5.41) is 15.7. The number of thiophene rings is 1. The van der Waals surface area contributed by atoms with Crippen molar-refractivity contribution >= 4 is 44.5 Å². The van der Waals surface area contributed by atoms with Gasteiger partial charge in [-0.25, -0.2) is 0 Å². The van der Waals surface area contributed by atoms with Crippen molar-refractivity contribution in [3.05, 3.63) is 54.2 Å². The van der Waals surface area contributed by atoms with Gasteiger partial charge in [0.05, 0.1) is 16.2 Å². The minimum absolute atomic E-state index is 0.0599. The van der Waals surface area contributed by atoms with E-state index in [4.69, 9.17) is 5.73 Å². The number of hydrogen-bond acceptors (Lipinski definition) is 5. The highest BCUT2D eigenvalue weighted by atomic mass is 79.9. The SMILES string of the molecule is Cc1cc(Br)c(NCc2cc(C(N)=O)cs2)cc1[N+](=O)[O-]. The van der Waals surface area contributed by atoms with E-state index in [1.807, 2.05) is 0 Å². The average molecular weight is 370 g/mol. The molecule has 0 saturated carbocycles. The number of benzene rings is 1. The summed E-state index contributed by atoms with van der Waals surface area (Å²) < 4.78 is 0.747. The first kappa shape index (κ1) is 15.5. The second-order valence-electron chi connectivity index (χ2n) is 4.40. The van der Waals surface area contributed by atoms with Crippen LogP contribution < -0.4 is 11.1 Å². The van der Waals surface area contributed by atoms with E-state index < -0.39 is 10.8 Å². The number of halogens is 1. The second kappa shape index (κ2) is 6.23. The first-order valence-electron chi connectivity index (χ1n) is 5.94. The highest BCUT2D eigenvalue weighted by molar-refractivity contribution is 9.10.